The summed E-state index contributed by atoms with van der Waals surface area (Å²) in [6.45, 7) is 0.703. The highest BCUT2D eigenvalue weighted by Crippen LogP contribution is 2.32. The van der Waals surface area contributed by atoms with Gasteiger partial charge in [0.25, 0.3) is 0 Å². The SMILES string of the molecule is Cn1ccnc1CCNc1c(Cl)cc(N)cc1Cl. The molecule has 3 N–H and O–H groups in total. The lowest BCUT2D eigenvalue weighted by atomic mass is 10.2. The van der Waals surface area contributed by atoms with E-state index in [4.69, 9.17) is 28.9 Å². The van der Waals surface area contributed by atoms with Crippen molar-refractivity contribution in [2.75, 3.05) is 17.6 Å². The average Bonchev–Trinajstić information content (AvgIpc) is 2.68. The molecule has 0 bridgehead atoms. The van der Waals surface area contributed by atoms with Crippen LogP contribution in [0.1, 0.15) is 5.82 Å². The predicted octanol–water partition coefficient (Wildman–Crippen LogP) is 2.96. The third-order valence-corrected chi connectivity index (χ3v) is 3.23. The van der Waals surface area contributed by atoms with Crippen molar-refractivity contribution in [2.24, 2.45) is 7.05 Å². The number of hydrogen-bond acceptors (Lipinski definition) is 3. The van der Waals surface area contributed by atoms with Crippen LogP contribution in [0.2, 0.25) is 10.0 Å². The van der Waals surface area contributed by atoms with E-state index >= 15 is 0 Å². The van der Waals surface area contributed by atoms with E-state index in [1.165, 1.54) is 0 Å². The molecule has 0 saturated carbocycles. The van der Waals surface area contributed by atoms with Gasteiger partial charge in [-0.25, -0.2) is 4.98 Å². The van der Waals surface area contributed by atoms with Crippen LogP contribution in [-0.2, 0) is 13.5 Å². The number of nitrogens with two attached hydrogens (primary N) is 1. The standard InChI is InChI=1S/C12H14Cl2N4/c1-18-5-4-16-11(18)2-3-17-12-9(13)6-8(15)7-10(12)14/h4-7,17H,2-3,15H2,1H3. The van der Waals surface area contributed by atoms with Crippen LogP contribution >= 0.6 is 23.2 Å². The minimum atomic E-state index is 0.528. The number of aryl methyl sites for hydroxylation is 1. The first-order chi connectivity index (χ1) is 8.58. The van der Waals surface area contributed by atoms with Crippen LogP contribution < -0.4 is 11.1 Å². The number of nitrogens with one attached hydrogen (secondary N) is 1. The van der Waals surface area contributed by atoms with Gasteiger partial charge >= 0.3 is 0 Å². The normalized spacial score (nSPS) is 10.6. The van der Waals surface area contributed by atoms with Crippen molar-refractivity contribution in [1.82, 2.24) is 9.55 Å². The molecule has 1 aromatic heterocycles. The quantitative estimate of drug-likeness (QED) is 0.849. The van der Waals surface area contributed by atoms with E-state index < -0.39 is 0 Å². The molecule has 0 aliphatic rings. The van der Waals surface area contributed by atoms with Crippen LogP contribution in [0.25, 0.3) is 0 Å². The molecule has 18 heavy (non-hydrogen) atoms. The summed E-state index contributed by atoms with van der Waals surface area (Å²) in [4.78, 5) is 4.24. The Morgan fingerprint density at radius 3 is 2.56 bits per heavy atom. The number of rotatable bonds is 4. The minimum absolute atomic E-state index is 0.528. The third-order valence-electron chi connectivity index (χ3n) is 2.64. The van der Waals surface area contributed by atoms with E-state index in [-0.39, 0.29) is 0 Å². The van der Waals surface area contributed by atoms with Gasteiger partial charge in [0.05, 0.1) is 15.7 Å². The maximum atomic E-state index is 6.08. The van der Waals surface area contributed by atoms with E-state index in [1.807, 2.05) is 17.8 Å². The molecule has 2 rings (SSSR count). The number of anilines is 2. The first kappa shape index (κ1) is 13.1. The van der Waals surface area contributed by atoms with E-state index in [2.05, 4.69) is 10.3 Å². The molecule has 1 aromatic carbocycles. The Morgan fingerprint density at radius 1 is 1.33 bits per heavy atom. The number of halogens is 2. The van der Waals surface area contributed by atoms with Crippen molar-refractivity contribution < 1.29 is 0 Å². The summed E-state index contributed by atoms with van der Waals surface area (Å²) >= 11 is 12.2. The highest BCUT2D eigenvalue weighted by atomic mass is 35.5. The fraction of sp³-hybridized carbons (Fsp3) is 0.250. The van der Waals surface area contributed by atoms with Gasteiger partial charge in [0.2, 0.25) is 0 Å². The van der Waals surface area contributed by atoms with E-state index in [0.29, 0.717) is 28.0 Å². The number of aromatic nitrogens is 2. The van der Waals surface area contributed by atoms with Crippen molar-refractivity contribution in [2.45, 2.75) is 6.42 Å². The molecular weight excluding hydrogens is 271 g/mol. The van der Waals surface area contributed by atoms with Crippen molar-refractivity contribution in [3.05, 3.63) is 40.4 Å². The molecule has 0 fully saturated rings. The molecule has 1 heterocycles. The monoisotopic (exact) mass is 284 g/mol. The second-order valence-corrected chi connectivity index (χ2v) is 4.81. The van der Waals surface area contributed by atoms with Crippen LogP contribution in [0, 0.1) is 0 Å². The number of nitrogens with zero attached hydrogens (tertiary/aromatic N) is 2. The first-order valence-electron chi connectivity index (χ1n) is 5.52. The van der Waals surface area contributed by atoms with E-state index in [9.17, 15) is 0 Å². The second-order valence-electron chi connectivity index (χ2n) is 3.99. The van der Waals surface area contributed by atoms with Gasteiger partial charge in [-0.2, -0.15) is 0 Å². The Labute approximate surface area is 116 Å². The fourth-order valence-electron chi connectivity index (χ4n) is 1.70. The van der Waals surface area contributed by atoms with Gasteiger partial charge < -0.3 is 15.6 Å². The maximum Gasteiger partial charge on any atom is 0.110 e. The molecule has 0 radical (unpaired) electrons. The minimum Gasteiger partial charge on any atom is -0.399 e. The zero-order chi connectivity index (χ0) is 13.1. The molecule has 0 spiro atoms. The molecular formula is C12H14Cl2N4. The molecule has 0 aliphatic heterocycles. The molecule has 6 heteroatoms. The zero-order valence-electron chi connectivity index (χ0n) is 9.95. The first-order valence-corrected chi connectivity index (χ1v) is 6.28. The van der Waals surface area contributed by atoms with Crippen LogP contribution in [0.3, 0.4) is 0 Å². The summed E-state index contributed by atoms with van der Waals surface area (Å²) < 4.78 is 1.98. The Kier molecular flexibility index (Phi) is 3.99. The summed E-state index contributed by atoms with van der Waals surface area (Å²) in [7, 11) is 1.96. The number of hydrogen-bond donors (Lipinski definition) is 2. The summed E-state index contributed by atoms with van der Waals surface area (Å²) in [5.74, 6) is 1.00. The van der Waals surface area contributed by atoms with Crippen LogP contribution in [0.5, 0.6) is 0 Å². The molecule has 0 atom stereocenters. The van der Waals surface area contributed by atoms with Crippen molar-refractivity contribution in [3.8, 4) is 0 Å². The van der Waals surface area contributed by atoms with Crippen LogP contribution in [0.4, 0.5) is 11.4 Å². The molecule has 0 amide bonds. The topological polar surface area (TPSA) is 55.9 Å². The summed E-state index contributed by atoms with van der Waals surface area (Å²) in [5, 5.41) is 4.26. The van der Waals surface area contributed by atoms with Crippen LogP contribution in [-0.4, -0.2) is 16.1 Å². The van der Waals surface area contributed by atoms with Gasteiger partial charge in [-0.15, -0.1) is 0 Å². The van der Waals surface area contributed by atoms with E-state index in [1.54, 1.807) is 18.3 Å². The largest absolute Gasteiger partial charge is 0.399 e. The fourth-order valence-corrected chi connectivity index (χ4v) is 2.34. The van der Waals surface area contributed by atoms with Gasteiger partial charge in [0.15, 0.2) is 0 Å². The summed E-state index contributed by atoms with van der Waals surface area (Å²) in [6.07, 6.45) is 4.48. The summed E-state index contributed by atoms with van der Waals surface area (Å²) in [6, 6.07) is 3.35. The lowest BCUT2D eigenvalue weighted by Crippen LogP contribution is -2.09. The molecule has 2 aromatic rings. The van der Waals surface area contributed by atoms with Gasteiger partial charge in [-0.05, 0) is 12.1 Å². The lowest BCUT2D eigenvalue weighted by molar-refractivity contribution is 0.790. The number of imidazole rings is 1. The Bertz CT molecular complexity index is 528. The third kappa shape index (κ3) is 2.89. The highest BCUT2D eigenvalue weighted by molar-refractivity contribution is 6.39. The van der Waals surface area contributed by atoms with Crippen molar-refractivity contribution in [3.63, 3.8) is 0 Å². The number of nitrogen functional groups attached to an aromatic ring is 1. The average molecular weight is 285 g/mol. The Morgan fingerprint density at radius 2 is 2.00 bits per heavy atom. The second kappa shape index (κ2) is 5.50. The molecule has 96 valence electrons. The molecule has 4 nitrogen and oxygen atoms in total. The van der Waals surface area contributed by atoms with E-state index in [0.717, 1.165) is 12.2 Å². The molecule has 0 aliphatic carbocycles. The van der Waals surface area contributed by atoms with Gasteiger partial charge in [-0.1, -0.05) is 23.2 Å². The van der Waals surface area contributed by atoms with Crippen LogP contribution in [0.15, 0.2) is 24.5 Å². The van der Waals surface area contributed by atoms with Crippen molar-refractivity contribution in [1.29, 1.82) is 0 Å². The van der Waals surface area contributed by atoms with Gasteiger partial charge in [-0.3, -0.25) is 0 Å². The lowest BCUT2D eigenvalue weighted by Gasteiger charge is -2.11. The number of benzene rings is 1. The zero-order valence-corrected chi connectivity index (χ0v) is 11.5. The highest BCUT2D eigenvalue weighted by Gasteiger charge is 2.07. The smallest absolute Gasteiger partial charge is 0.110 e. The predicted molar refractivity (Wildman–Crippen MR) is 76.3 cm³/mol. The van der Waals surface area contributed by atoms with Gasteiger partial charge in [0.1, 0.15) is 5.82 Å². The Balaban J connectivity index is 2.01. The summed E-state index contributed by atoms with van der Waals surface area (Å²) in [5.41, 5.74) is 6.91. The molecule has 0 saturated heterocycles. The molecule has 0 unspecified atom stereocenters. The van der Waals surface area contributed by atoms with Gasteiger partial charge in [0, 0.05) is 38.1 Å². The maximum absolute atomic E-state index is 6.08. The van der Waals surface area contributed by atoms with Crippen molar-refractivity contribution >= 4 is 34.6 Å². The Hall–Kier alpha value is -1.39.